The molecule has 0 aliphatic heterocycles. The van der Waals surface area contributed by atoms with Gasteiger partial charge in [0.2, 0.25) is 0 Å². The maximum Gasteiger partial charge on any atom is 0.0355 e. The maximum atomic E-state index is 2.44. The van der Waals surface area contributed by atoms with E-state index >= 15 is 0 Å². The van der Waals surface area contributed by atoms with Crippen LogP contribution in [-0.4, -0.2) is 0 Å². The van der Waals surface area contributed by atoms with Gasteiger partial charge in [0.15, 0.2) is 0 Å². The Labute approximate surface area is 875 Å². The summed E-state index contributed by atoms with van der Waals surface area (Å²) in [5, 5.41) is 32.1. The van der Waals surface area contributed by atoms with Gasteiger partial charge in [-0.25, -0.2) is 0 Å². The average Bonchev–Trinajstić information content (AvgIpc) is 1.56. The fourth-order valence-corrected chi connectivity index (χ4v) is 27.5. The van der Waals surface area contributed by atoms with Crippen molar-refractivity contribution in [3.63, 3.8) is 0 Å². The predicted octanol–water partition coefficient (Wildman–Crippen LogP) is 42.9. The lowest BCUT2D eigenvalue weighted by atomic mass is 9.92. The molecule has 0 bridgehead atoms. The van der Waals surface area contributed by atoms with Crippen molar-refractivity contribution in [2.45, 2.75) is 0 Å². The summed E-state index contributed by atoms with van der Waals surface area (Å²) >= 11 is 3.74. The highest BCUT2D eigenvalue weighted by molar-refractivity contribution is 7.26. The Morgan fingerprint density at radius 2 is 0.320 bits per heavy atom. The van der Waals surface area contributed by atoms with Crippen molar-refractivity contribution in [1.29, 1.82) is 0 Å². The van der Waals surface area contributed by atoms with E-state index < -0.39 is 0 Å². The zero-order valence-corrected chi connectivity index (χ0v) is 83.3. The first-order valence-electron chi connectivity index (χ1n) is 51.9. The van der Waals surface area contributed by atoms with Gasteiger partial charge in [-0.3, -0.25) is 0 Å². The summed E-state index contributed by atoms with van der Waals surface area (Å²) < 4.78 is 5.38. The fourth-order valence-electron chi connectivity index (χ4n) is 25.3. The Kier molecular flexibility index (Phi) is 19.7. The second-order valence-corrected chi connectivity index (χ2v) is 42.7. The summed E-state index contributed by atoms with van der Waals surface area (Å²) in [5.41, 5.74) is 41.5. The SMILES string of the molecule is c1cc(-c2ccc3c(c2)-c2cc4c5ccccc5ccc4c4cccc-3c24)cc(-c2ccc3sc4ccccc4c3c2)c1.c1cc(-c2ccc3c(c2)-c2cc4ccccc4c4cccc-3c24)cc(-c2ccc3sc4ccccc4c3c2)c1.c1ccc(-c2ccc(-c3ccc4c(c3)-c3cc5c6ccccc6ccc5c5cccc-4c35)cc2)cc1.c1ccc(-c2ccc(-c3ccc4c(c3)-c3cc5ccccc5c5cccc-4c35)cc2)cc1. The van der Waals surface area contributed by atoms with Gasteiger partial charge < -0.3 is 0 Å². The standard InChI is InChI=1S/C42H24S.C38H22S.C36H22.C32H20/c1-2-10-30-25(7-1)15-18-32-35-13-6-12-34-31-19-16-28(22-36(31)39(42(34)35)24-37(30)32)26-8-5-9-27(21-26)29-17-20-41-38(23-29)33-11-3-4-14-40(33)43-41;1-2-10-28-27(7-1)22-35-33-20-25(15-17-29(33)32-13-6-12-31(28)38(32)35)23-8-5-9-24(19-23)26-16-18-37-34(21-26)30-11-3-4-14-36(30)39-37;1-2-7-23(8-3-1)24-13-15-25(16-14-24)27-18-20-29-31-11-6-12-32-30-19-17-26-9-4-5-10-28(26)34(30)22-35(36(31)32)33(29)21-27;1-2-7-21(8-3-1)22-13-15-23(16-14-22)24-17-18-27-29-12-6-11-28-26-10-5-4-9-25(26)20-31(32(28)29)30(27)19-24/h1-24H;1-22H;1-22H;1-20H. The lowest BCUT2D eigenvalue weighted by molar-refractivity contribution is 1.59. The number of benzene rings is 28. The molecule has 30 aromatic rings. The molecule has 0 N–H and O–H groups in total. The minimum atomic E-state index is 1.24. The first kappa shape index (κ1) is 85.6. The van der Waals surface area contributed by atoms with Crippen LogP contribution in [0.4, 0.5) is 0 Å². The van der Waals surface area contributed by atoms with E-state index in [4.69, 9.17) is 0 Å². The molecule has 4 aliphatic rings. The summed E-state index contributed by atoms with van der Waals surface area (Å²) in [6.45, 7) is 0. The van der Waals surface area contributed by atoms with Crippen LogP contribution in [0, 0.1) is 0 Å². The molecule has 34 rings (SSSR count). The van der Waals surface area contributed by atoms with Crippen LogP contribution in [0.2, 0.25) is 0 Å². The molecule has 0 fully saturated rings. The Balaban J connectivity index is 0.0000000905. The molecule has 692 valence electrons. The molecular formula is C148H88S2. The van der Waals surface area contributed by atoms with Gasteiger partial charge >= 0.3 is 0 Å². The van der Waals surface area contributed by atoms with E-state index in [2.05, 4.69) is 534 Å². The number of fused-ring (bicyclic) bond motifs is 30. The summed E-state index contributed by atoms with van der Waals surface area (Å²) in [7, 11) is 0. The summed E-state index contributed by atoms with van der Waals surface area (Å²) in [6.07, 6.45) is 0. The topological polar surface area (TPSA) is 0 Å². The van der Waals surface area contributed by atoms with Crippen LogP contribution in [0.15, 0.2) is 534 Å². The molecule has 2 heterocycles. The quantitative estimate of drug-likeness (QED) is 0.133. The smallest absolute Gasteiger partial charge is 0.0355 e. The van der Waals surface area contributed by atoms with Crippen molar-refractivity contribution in [3.05, 3.63) is 534 Å². The van der Waals surface area contributed by atoms with Crippen molar-refractivity contribution in [2.24, 2.45) is 0 Å². The van der Waals surface area contributed by atoms with Crippen LogP contribution in [0.1, 0.15) is 0 Å². The Morgan fingerprint density at radius 3 is 0.680 bits per heavy atom. The Hall–Kier alpha value is -18.8. The third-order valence-corrected chi connectivity index (χ3v) is 34.7. The Morgan fingerprint density at radius 1 is 0.0867 bits per heavy atom. The molecule has 0 nitrogen and oxygen atoms in total. The minimum Gasteiger partial charge on any atom is -0.135 e. The highest BCUT2D eigenvalue weighted by Gasteiger charge is 2.30. The zero-order valence-electron chi connectivity index (χ0n) is 81.6. The molecule has 0 saturated carbocycles. The van der Waals surface area contributed by atoms with Gasteiger partial charge in [0.05, 0.1) is 0 Å². The van der Waals surface area contributed by atoms with Crippen molar-refractivity contribution < 1.29 is 0 Å². The molecule has 150 heavy (non-hydrogen) atoms. The van der Waals surface area contributed by atoms with E-state index in [9.17, 15) is 0 Å². The molecular weight excluding hydrogens is 1840 g/mol. The average molecular weight is 1930 g/mol. The van der Waals surface area contributed by atoms with Gasteiger partial charge in [-0.1, -0.05) is 437 Å². The van der Waals surface area contributed by atoms with Crippen molar-refractivity contribution in [1.82, 2.24) is 0 Å². The Bertz CT molecular complexity index is 11000. The molecule has 2 heteroatoms. The molecule has 0 radical (unpaired) electrons. The van der Waals surface area contributed by atoms with Crippen LogP contribution in [0.5, 0.6) is 0 Å². The third-order valence-electron chi connectivity index (χ3n) is 32.4. The zero-order chi connectivity index (χ0) is 98.3. The van der Waals surface area contributed by atoms with Crippen molar-refractivity contribution in [2.75, 3.05) is 0 Å². The van der Waals surface area contributed by atoms with Gasteiger partial charge in [0.25, 0.3) is 0 Å². The van der Waals surface area contributed by atoms with E-state index in [1.165, 1.54) is 326 Å². The molecule has 0 spiro atoms. The second-order valence-electron chi connectivity index (χ2n) is 40.5. The summed E-state index contributed by atoms with van der Waals surface area (Å²) in [6, 6.07) is 197. The van der Waals surface area contributed by atoms with E-state index in [-0.39, 0.29) is 0 Å². The van der Waals surface area contributed by atoms with Gasteiger partial charge in [-0.15, -0.1) is 22.7 Å². The lowest BCUT2D eigenvalue weighted by Crippen LogP contribution is -1.84. The first-order chi connectivity index (χ1) is 74.3. The van der Waals surface area contributed by atoms with E-state index in [0.717, 1.165) is 0 Å². The number of hydrogen-bond acceptors (Lipinski definition) is 2. The van der Waals surface area contributed by atoms with E-state index in [1.807, 2.05) is 22.7 Å². The number of thiophene rings is 2. The van der Waals surface area contributed by atoms with Crippen molar-refractivity contribution >= 4 is 171 Å². The van der Waals surface area contributed by atoms with Crippen molar-refractivity contribution in [3.8, 4) is 178 Å². The highest BCUT2D eigenvalue weighted by Crippen LogP contribution is 2.58. The molecule has 0 amide bonds. The van der Waals surface area contributed by atoms with E-state index in [0.29, 0.717) is 0 Å². The minimum absolute atomic E-state index is 1.24. The normalized spacial score (nSPS) is 12.0. The summed E-state index contributed by atoms with van der Waals surface area (Å²) in [5.74, 6) is 0. The summed E-state index contributed by atoms with van der Waals surface area (Å²) in [4.78, 5) is 0. The van der Waals surface area contributed by atoms with Crippen LogP contribution in [0.25, 0.3) is 326 Å². The molecule has 4 aliphatic carbocycles. The van der Waals surface area contributed by atoms with Gasteiger partial charge in [0, 0.05) is 40.3 Å². The monoisotopic (exact) mass is 1930 g/mol. The van der Waals surface area contributed by atoms with Gasteiger partial charge in [-0.05, 0) is 383 Å². The van der Waals surface area contributed by atoms with Crippen LogP contribution in [-0.2, 0) is 0 Å². The number of rotatable bonds is 8. The molecule has 0 saturated heterocycles. The fraction of sp³-hybridized carbons (Fsp3) is 0. The molecule has 0 unspecified atom stereocenters. The maximum absolute atomic E-state index is 2.44. The van der Waals surface area contributed by atoms with E-state index in [1.54, 1.807) is 0 Å². The third kappa shape index (κ3) is 13.9. The molecule has 0 atom stereocenters. The number of hydrogen-bond donors (Lipinski definition) is 0. The van der Waals surface area contributed by atoms with Gasteiger partial charge in [-0.2, -0.15) is 0 Å². The largest absolute Gasteiger partial charge is 0.135 e. The second kappa shape index (κ2) is 34.4. The lowest BCUT2D eigenvalue weighted by Gasteiger charge is -2.11. The van der Waals surface area contributed by atoms with Crippen LogP contribution >= 0.6 is 22.7 Å². The molecule has 28 aromatic carbocycles. The van der Waals surface area contributed by atoms with Crippen LogP contribution < -0.4 is 0 Å². The highest BCUT2D eigenvalue weighted by atomic mass is 32.1. The van der Waals surface area contributed by atoms with Gasteiger partial charge in [0.1, 0.15) is 0 Å². The predicted molar refractivity (Wildman–Crippen MR) is 648 cm³/mol. The molecule has 2 aromatic heterocycles. The first-order valence-corrected chi connectivity index (χ1v) is 53.6. The van der Waals surface area contributed by atoms with Crippen LogP contribution in [0.3, 0.4) is 0 Å².